The van der Waals surface area contributed by atoms with Crippen LogP contribution in [0.3, 0.4) is 0 Å². The molecule has 0 atom stereocenters. The van der Waals surface area contributed by atoms with Crippen molar-refractivity contribution in [3.8, 4) is 11.1 Å². The van der Waals surface area contributed by atoms with Gasteiger partial charge in [-0.25, -0.2) is 4.99 Å². The fraction of sp³-hybridized carbons (Fsp3) is 0. The molecule has 0 bridgehead atoms. The van der Waals surface area contributed by atoms with E-state index >= 15 is 0 Å². The number of aliphatic imine (C=N–C) groups is 1. The van der Waals surface area contributed by atoms with Crippen LogP contribution in [0.25, 0.3) is 11.1 Å². The van der Waals surface area contributed by atoms with Crippen LogP contribution in [0.2, 0.25) is 0 Å². The van der Waals surface area contributed by atoms with E-state index in [1.54, 1.807) is 0 Å². The summed E-state index contributed by atoms with van der Waals surface area (Å²) in [6.07, 6.45) is 0. The highest BCUT2D eigenvalue weighted by Crippen LogP contribution is 2.37. The first-order chi connectivity index (χ1) is 10.4. The fourth-order valence-electron chi connectivity index (χ4n) is 2.63. The van der Waals surface area contributed by atoms with E-state index in [2.05, 4.69) is 53.8 Å². The van der Waals surface area contributed by atoms with E-state index in [0.29, 0.717) is 0 Å². The maximum absolute atomic E-state index is 4.83. The van der Waals surface area contributed by atoms with Crippen molar-refractivity contribution >= 4 is 17.2 Å². The van der Waals surface area contributed by atoms with Crippen LogP contribution in [0.15, 0.2) is 83.9 Å². The lowest BCUT2D eigenvalue weighted by atomic mass is 10.0. The van der Waals surface area contributed by atoms with E-state index in [0.717, 1.165) is 28.3 Å². The normalized spacial score (nSPS) is 12.5. The largest absolute Gasteiger partial charge is 0.339 e. The molecule has 3 aromatic carbocycles. The molecule has 0 saturated carbocycles. The van der Waals surface area contributed by atoms with Gasteiger partial charge in [0.25, 0.3) is 0 Å². The van der Waals surface area contributed by atoms with E-state index in [1.165, 1.54) is 5.56 Å². The molecule has 2 nitrogen and oxygen atoms in total. The molecule has 1 aliphatic heterocycles. The first-order valence-corrected chi connectivity index (χ1v) is 7.01. The topological polar surface area (TPSA) is 24.4 Å². The summed E-state index contributed by atoms with van der Waals surface area (Å²) in [5.74, 6) is 0.882. The Labute approximate surface area is 123 Å². The van der Waals surface area contributed by atoms with Crippen molar-refractivity contribution in [2.45, 2.75) is 0 Å². The number of benzene rings is 3. The maximum Gasteiger partial charge on any atom is 0.138 e. The van der Waals surface area contributed by atoms with Gasteiger partial charge in [-0.15, -0.1) is 0 Å². The Morgan fingerprint density at radius 3 is 2.14 bits per heavy atom. The van der Waals surface area contributed by atoms with Gasteiger partial charge >= 0.3 is 0 Å². The summed E-state index contributed by atoms with van der Waals surface area (Å²) in [5.41, 5.74) is 5.51. The molecular formula is C19H14N2. The molecule has 1 aliphatic rings. The van der Waals surface area contributed by atoms with Crippen LogP contribution >= 0.6 is 0 Å². The summed E-state index contributed by atoms with van der Waals surface area (Å²) in [6, 6.07) is 26.8. The minimum atomic E-state index is 0.882. The SMILES string of the molecule is c1ccc(C2=Nc3ccccc3-c3ccccc3N2)cc1. The van der Waals surface area contributed by atoms with Gasteiger partial charge in [0, 0.05) is 22.4 Å². The van der Waals surface area contributed by atoms with Crippen LogP contribution in [0, 0.1) is 0 Å². The molecule has 0 unspecified atom stereocenters. The second-order valence-corrected chi connectivity index (χ2v) is 5.01. The van der Waals surface area contributed by atoms with Crippen molar-refractivity contribution in [2.75, 3.05) is 5.32 Å². The van der Waals surface area contributed by atoms with Crippen LogP contribution in [-0.2, 0) is 0 Å². The predicted molar refractivity (Wildman–Crippen MR) is 88.1 cm³/mol. The standard InChI is InChI=1S/C19H14N2/c1-2-8-14(9-3-1)19-20-17-12-6-4-10-15(17)16-11-5-7-13-18(16)21-19/h1-13H,(H,20,21). The number of nitrogens with one attached hydrogen (secondary N) is 1. The zero-order chi connectivity index (χ0) is 14.1. The van der Waals surface area contributed by atoms with Crippen molar-refractivity contribution in [3.05, 3.63) is 84.4 Å². The summed E-state index contributed by atoms with van der Waals surface area (Å²) < 4.78 is 0. The number of para-hydroxylation sites is 2. The van der Waals surface area contributed by atoms with Crippen LogP contribution in [-0.4, -0.2) is 5.84 Å². The molecule has 0 saturated heterocycles. The Bertz CT molecular complexity index is 820. The Hall–Kier alpha value is -2.87. The van der Waals surface area contributed by atoms with E-state index < -0.39 is 0 Å². The van der Waals surface area contributed by atoms with Gasteiger partial charge < -0.3 is 5.32 Å². The summed E-state index contributed by atoms with van der Waals surface area (Å²) >= 11 is 0. The quantitative estimate of drug-likeness (QED) is 0.671. The van der Waals surface area contributed by atoms with Gasteiger partial charge in [-0.1, -0.05) is 66.7 Å². The van der Waals surface area contributed by atoms with Gasteiger partial charge in [-0.2, -0.15) is 0 Å². The van der Waals surface area contributed by atoms with Crippen LogP contribution in [0.5, 0.6) is 0 Å². The highest BCUT2D eigenvalue weighted by atomic mass is 15.0. The van der Waals surface area contributed by atoms with E-state index in [4.69, 9.17) is 4.99 Å². The average molecular weight is 270 g/mol. The molecular weight excluding hydrogens is 256 g/mol. The molecule has 100 valence electrons. The Kier molecular flexibility index (Phi) is 2.79. The van der Waals surface area contributed by atoms with Crippen molar-refractivity contribution < 1.29 is 0 Å². The second kappa shape index (κ2) is 4.91. The minimum Gasteiger partial charge on any atom is -0.339 e. The first kappa shape index (κ1) is 11.9. The molecule has 0 aliphatic carbocycles. The average Bonchev–Trinajstić information content (AvgIpc) is 2.72. The van der Waals surface area contributed by atoms with Gasteiger partial charge in [0.15, 0.2) is 0 Å². The van der Waals surface area contributed by atoms with Crippen molar-refractivity contribution in [1.29, 1.82) is 0 Å². The van der Waals surface area contributed by atoms with Gasteiger partial charge in [0.05, 0.1) is 5.69 Å². The Balaban J connectivity index is 1.96. The molecule has 4 rings (SSSR count). The molecule has 0 radical (unpaired) electrons. The number of fused-ring (bicyclic) bond motifs is 3. The summed E-state index contributed by atoms with van der Waals surface area (Å²) in [4.78, 5) is 4.83. The Morgan fingerprint density at radius 2 is 1.29 bits per heavy atom. The number of anilines is 1. The summed E-state index contributed by atoms with van der Waals surface area (Å²) in [5, 5.41) is 3.47. The molecule has 1 N–H and O–H groups in total. The lowest BCUT2D eigenvalue weighted by Crippen LogP contribution is -2.12. The molecule has 3 aromatic rings. The fourth-order valence-corrected chi connectivity index (χ4v) is 2.63. The van der Waals surface area contributed by atoms with Crippen molar-refractivity contribution in [3.63, 3.8) is 0 Å². The third-order valence-corrected chi connectivity index (χ3v) is 3.65. The second-order valence-electron chi connectivity index (χ2n) is 5.01. The highest BCUT2D eigenvalue weighted by Gasteiger charge is 2.15. The minimum absolute atomic E-state index is 0.882. The van der Waals surface area contributed by atoms with E-state index in [9.17, 15) is 0 Å². The summed E-state index contributed by atoms with van der Waals surface area (Å²) in [6.45, 7) is 0. The first-order valence-electron chi connectivity index (χ1n) is 7.01. The predicted octanol–water partition coefficient (Wildman–Crippen LogP) is 4.86. The lowest BCUT2D eigenvalue weighted by molar-refractivity contribution is 1.49. The van der Waals surface area contributed by atoms with Crippen molar-refractivity contribution in [1.82, 2.24) is 0 Å². The van der Waals surface area contributed by atoms with Crippen LogP contribution in [0.1, 0.15) is 5.56 Å². The number of nitrogens with zero attached hydrogens (tertiary/aromatic N) is 1. The Morgan fingerprint density at radius 1 is 0.619 bits per heavy atom. The lowest BCUT2D eigenvalue weighted by Gasteiger charge is -2.10. The zero-order valence-electron chi connectivity index (χ0n) is 11.5. The molecule has 2 heteroatoms. The third-order valence-electron chi connectivity index (χ3n) is 3.65. The van der Waals surface area contributed by atoms with Gasteiger partial charge in [0.1, 0.15) is 5.84 Å². The van der Waals surface area contributed by atoms with E-state index in [1.807, 2.05) is 30.3 Å². The molecule has 1 heterocycles. The number of hydrogen-bond acceptors (Lipinski definition) is 2. The molecule has 0 aromatic heterocycles. The molecule has 0 amide bonds. The third kappa shape index (κ3) is 2.11. The maximum atomic E-state index is 4.83. The van der Waals surface area contributed by atoms with E-state index in [-0.39, 0.29) is 0 Å². The molecule has 0 spiro atoms. The molecule has 0 fully saturated rings. The monoisotopic (exact) mass is 270 g/mol. The number of rotatable bonds is 1. The highest BCUT2D eigenvalue weighted by molar-refractivity contribution is 6.13. The zero-order valence-corrected chi connectivity index (χ0v) is 11.5. The van der Waals surface area contributed by atoms with Crippen LogP contribution < -0.4 is 5.32 Å². The van der Waals surface area contributed by atoms with Crippen LogP contribution in [0.4, 0.5) is 11.4 Å². The van der Waals surface area contributed by atoms with Gasteiger partial charge in [-0.3, -0.25) is 0 Å². The van der Waals surface area contributed by atoms with Gasteiger partial charge in [0.2, 0.25) is 0 Å². The summed E-state index contributed by atoms with van der Waals surface area (Å²) in [7, 11) is 0. The van der Waals surface area contributed by atoms with Gasteiger partial charge in [-0.05, 0) is 12.1 Å². The smallest absolute Gasteiger partial charge is 0.138 e. The number of amidine groups is 1. The number of hydrogen-bond donors (Lipinski definition) is 1. The van der Waals surface area contributed by atoms with Crippen molar-refractivity contribution in [2.24, 2.45) is 4.99 Å². The molecule has 21 heavy (non-hydrogen) atoms.